The van der Waals surface area contributed by atoms with Crippen LogP contribution in [-0.4, -0.2) is 48.0 Å². The summed E-state index contributed by atoms with van der Waals surface area (Å²) in [5.74, 6) is -0.996. The molecule has 1 amide bonds. The average Bonchev–Trinajstić information content (AvgIpc) is 3.37. The molecule has 0 radical (unpaired) electrons. The summed E-state index contributed by atoms with van der Waals surface area (Å²) in [7, 11) is -4.21. The molecule has 3 heterocycles. The van der Waals surface area contributed by atoms with E-state index in [4.69, 9.17) is 11.6 Å². The fourth-order valence-electron chi connectivity index (χ4n) is 4.20. The number of hydrogen-bond acceptors (Lipinski definition) is 6. The number of thiazole rings is 1. The van der Waals surface area contributed by atoms with E-state index in [0.717, 1.165) is 28.2 Å². The van der Waals surface area contributed by atoms with Crippen molar-refractivity contribution in [2.45, 2.75) is 11.4 Å². The number of rotatable bonds is 5. The molecule has 0 saturated carbocycles. The second-order valence-corrected chi connectivity index (χ2v) is 13.2. The fraction of sp³-hybridized carbons (Fsp3) is 0.192. The molecule has 6 nitrogen and oxygen atoms in total. The van der Waals surface area contributed by atoms with Crippen LogP contribution >= 0.6 is 38.9 Å². The highest BCUT2D eigenvalue weighted by Crippen LogP contribution is 2.40. The van der Waals surface area contributed by atoms with Crippen LogP contribution in [-0.2, 0) is 21.3 Å². The Morgan fingerprint density at radius 1 is 1.14 bits per heavy atom. The zero-order chi connectivity index (χ0) is 26.2. The van der Waals surface area contributed by atoms with E-state index in [2.05, 4.69) is 25.9 Å². The van der Waals surface area contributed by atoms with Crippen molar-refractivity contribution in [1.82, 2.24) is 14.9 Å². The van der Waals surface area contributed by atoms with Crippen molar-refractivity contribution in [1.29, 1.82) is 0 Å². The Morgan fingerprint density at radius 2 is 1.92 bits per heavy atom. The first-order chi connectivity index (χ1) is 17.7. The van der Waals surface area contributed by atoms with Crippen molar-refractivity contribution >= 4 is 54.6 Å². The van der Waals surface area contributed by atoms with E-state index in [-0.39, 0.29) is 17.1 Å². The van der Waals surface area contributed by atoms with Gasteiger partial charge in [0.05, 0.1) is 23.0 Å². The number of carbonyl (C=O) groups excluding carboxylic acids is 1. The molecular weight excluding hydrogens is 601 g/mol. The zero-order valence-corrected chi connectivity index (χ0v) is 23.2. The van der Waals surface area contributed by atoms with Gasteiger partial charge in [0.1, 0.15) is 5.01 Å². The molecule has 1 fully saturated rings. The zero-order valence-electron chi connectivity index (χ0n) is 19.3. The number of hydrogen-bond donors (Lipinski definition) is 0. The Hall–Kier alpha value is -2.66. The summed E-state index contributed by atoms with van der Waals surface area (Å²) in [6.45, 7) is -0.754. The second-order valence-electron chi connectivity index (χ2n) is 8.58. The van der Waals surface area contributed by atoms with E-state index < -0.39 is 33.0 Å². The first kappa shape index (κ1) is 26.0. The quantitative estimate of drug-likeness (QED) is 0.277. The molecule has 190 valence electrons. The fourth-order valence-corrected chi connectivity index (χ4v) is 7.49. The third-order valence-corrected chi connectivity index (χ3v) is 10.7. The van der Waals surface area contributed by atoms with Crippen LogP contribution in [0.3, 0.4) is 0 Å². The summed E-state index contributed by atoms with van der Waals surface area (Å²) in [4.78, 5) is 23.6. The molecule has 1 saturated heterocycles. The van der Waals surface area contributed by atoms with Gasteiger partial charge in [0.15, 0.2) is 9.84 Å². The number of aromatic nitrogens is 2. The van der Waals surface area contributed by atoms with Crippen LogP contribution in [0.2, 0.25) is 5.02 Å². The lowest BCUT2D eigenvalue weighted by Crippen LogP contribution is -2.53. The van der Waals surface area contributed by atoms with Gasteiger partial charge in [-0.05, 0) is 51.8 Å². The number of pyridine rings is 1. The molecule has 1 aliphatic heterocycles. The van der Waals surface area contributed by atoms with Crippen LogP contribution in [0.15, 0.2) is 77.5 Å². The van der Waals surface area contributed by atoms with E-state index in [9.17, 15) is 13.2 Å². The molecule has 1 aliphatic rings. The van der Waals surface area contributed by atoms with Crippen LogP contribution < -0.4 is 0 Å². The maximum Gasteiger partial charge on any atom is 0.278 e. The molecule has 1 atom stereocenters. The molecule has 0 spiro atoms. The van der Waals surface area contributed by atoms with Crippen molar-refractivity contribution in [3.63, 3.8) is 0 Å². The Morgan fingerprint density at radius 3 is 2.68 bits per heavy atom. The Kier molecular flexibility index (Phi) is 7.19. The molecule has 2 aromatic heterocycles. The molecule has 0 unspecified atom stereocenters. The highest BCUT2D eigenvalue weighted by molar-refractivity contribution is 9.10. The van der Waals surface area contributed by atoms with Crippen LogP contribution in [0.4, 0.5) is 4.39 Å². The Labute approximate surface area is 231 Å². The Bertz CT molecular complexity index is 1580. The van der Waals surface area contributed by atoms with E-state index in [1.54, 1.807) is 18.3 Å². The van der Waals surface area contributed by atoms with E-state index in [1.807, 2.05) is 42.5 Å². The molecule has 2 aromatic carbocycles. The number of sulfone groups is 1. The van der Waals surface area contributed by atoms with Gasteiger partial charge < -0.3 is 4.90 Å². The van der Waals surface area contributed by atoms with Crippen molar-refractivity contribution in [2.75, 3.05) is 18.8 Å². The molecule has 5 rings (SSSR count). The minimum atomic E-state index is -4.21. The van der Waals surface area contributed by atoms with Gasteiger partial charge in [0.2, 0.25) is 0 Å². The van der Waals surface area contributed by atoms with E-state index >= 15 is 4.39 Å². The monoisotopic (exact) mass is 619 g/mol. The molecular formula is C26H20BrClFN3O3S2. The highest BCUT2D eigenvalue weighted by atomic mass is 79.9. The lowest BCUT2D eigenvalue weighted by atomic mass is 10.0. The molecule has 0 N–H and O–H groups in total. The van der Waals surface area contributed by atoms with Gasteiger partial charge in [-0.25, -0.2) is 17.8 Å². The number of carbonyl (C=O) groups is 1. The first-order valence-corrected chi connectivity index (χ1v) is 14.9. The SMILES string of the molecule is O=C(c1ccc(Br)c(Cl)c1)N1CCS(=O)(=O)[C@@](F)(c2ncc(Cc3ccccc3-c3ccccn3)s2)C1. The lowest BCUT2D eigenvalue weighted by molar-refractivity contribution is 0.0666. The predicted octanol–water partition coefficient (Wildman–Crippen LogP) is 5.90. The smallest absolute Gasteiger partial charge is 0.278 e. The third kappa shape index (κ3) is 5.07. The minimum Gasteiger partial charge on any atom is -0.333 e. The standard InChI is InChI=1S/C26H20BrClFN3O3S2/c27-21-9-8-18(14-22(21)28)24(33)32-11-12-37(34,35)26(29,16-32)25-31-15-19(36-25)13-17-5-1-2-6-20(17)23-7-3-4-10-30-23/h1-10,14-15H,11-13,16H2/t26-/m1/s1. The van der Waals surface area contributed by atoms with E-state index in [0.29, 0.717) is 20.8 Å². The second kappa shape index (κ2) is 10.2. The van der Waals surface area contributed by atoms with Gasteiger partial charge in [-0.2, -0.15) is 0 Å². The van der Waals surface area contributed by atoms with E-state index in [1.165, 1.54) is 17.2 Å². The number of alkyl halides is 1. The van der Waals surface area contributed by atoms with Crippen LogP contribution in [0.5, 0.6) is 0 Å². The maximum absolute atomic E-state index is 16.4. The summed E-state index contributed by atoms with van der Waals surface area (Å²) < 4.78 is 42.9. The van der Waals surface area contributed by atoms with Gasteiger partial charge in [-0.1, -0.05) is 41.9 Å². The topological polar surface area (TPSA) is 80.2 Å². The van der Waals surface area contributed by atoms with Crippen LogP contribution in [0.1, 0.15) is 25.8 Å². The van der Waals surface area contributed by atoms with Crippen molar-refractivity contribution in [3.8, 4) is 11.3 Å². The lowest BCUT2D eigenvalue weighted by Gasteiger charge is -2.35. The number of amides is 1. The third-order valence-electron chi connectivity index (χ3n) is 6.17. The van der Waals surface area contributed by atoms with Crippen molar-refractivity contribution in [3.05, 3.63) is 104 Å². The van der Waals surface area contributed by atoms with Crippen molar-refractivity contribution < 1.29 is 17.6 Å². The van der Waals surface area contributed by atoms with Crippen LogP contribution in [0, 0.1) is 0 Å². The largest absolute Gasteiger partial charge is 0.333 e. The molecule has 0 bridgehead atoms. The number of benzene rings is 2. The predicted molar refractivity (Wildman–Crippen MR) is 146 cm³/mol. The highest BCUT2D eigenvalue weighted by Gasteiger charge is 2.53. The summed E-state index contributed by atoms with van der Waals surface area (Å²) in [5, 5.41) is -2.65. The summed E-state index contributed by atoms with van der Waals surface area (Å²) in [5.41, 5.74) is 2.95. The molecule has 0 aliphatic carbocycles. The Balaban J connectivity index is 1.42. The van der Waals surface area contributed by atoms with Gasteiger partial charge in [-0.3, -0.25) is 9.78 Å². The van der Waals surface area contributed by atoms with Gasteiger partial charge >= 0.3 is 0 Å². The normalized spacial score (nSPS) is 19.1. The molecule has 11 heteroatoms. The van der Waals surface area contributed by atoms with Gasteiger partial charge in [-0.15, -0.1) is 11.3 Å². The first-order valence-electron chi connectivity index (χ1n) is 11.3. The van der Waals surface area contributed by atoms with Gasteiger partial charge in [0.25, 0.3) is 10.9 Å². The number of halogens is 3. The summed E-state index contributed by atoms with van der Waals surface area (Å²) in [6.07, 6.45) is 3.65. The molecule has 37 heavy (non-hydrogen) atoms. The van der Waals surface area contributed by atoms with Crippen molar-refractivity contribution in [2.24, 2.45) is 0 Å². The number of nitrogens with zero attached hydrogens (tertiary/aromatic N) is 3. The average molecular weight is 621 g/mol. The van der Waals surface area contributed by atoms with Crippen LogP contribution in [0.25, 0.3) is 11.3 Å². The summed E-state index contributed by atoms with van der Waals surface area (Å²) in [6, 6.07) is 18.0. The maximum atomic E-state index is 16.4. The summed E-state index contributed by atoms with van der Waals surface area (Å²) >= 11 is 10.4. The minimum absolute atomic E-state index is 0.115. The van der Waals surface area contributed by atoms with Gasteiger partial charge in [0, 0.05) is 45.8 Å². The molecule has 4 aromatic rings.